The number of aliphatic hydroxyl groups is 1. The molecular formula is C32H45N3O4. The van der Waals surface area contributed by atoms with Crippen LogP contribution >= 0.6 is 0 Å². The van der Waals surface area contributed by atoms with E-state index in [-0.39, 0.29) is 24.8 Å². The van der Waals surface area contributed by atoms with Crippen LogP contribution in [0.15, 0.2) is 48.5 Å². The number of nitrogens with zero attached hydrogens (tertiary/aromatic N) is 1. The van der Waals surface area contributed by atoms with E-state index in [9.17, 15) is 9.90 Å². The van der Waals surface area contributed by atoms with Gasteiger partial charge in [-0.15, -0.1) is 0 Å². The third kappa shape index (κ3) is 6.83. The van der Waals surface area contributed by atoms with Crippen molar-refractivity contribution in [1.82, 2.24) is 15.5 Å². The SMILES string of the molecule is CCNC(=O)NCc1ccc([C@@H]2O[C@H](CN3CC4(C)CC3CC(C)(C)C4)C[C@H](c3ccc(CO)cc3)O2)cc1. The summed E-state index contributed by atoms with van der Waals surface area (Å²) in [6.45, 7) is 12.3. The van der Waals surface area contributed by atoms with E-state index >= 15 is 0 Å². The second-order valence-electron chi connectivity index (χ2n) is 12.9. The molecular weight excluding hydrogens is 490 g/mol. The topological polar surface area (TPSA) is 83.1 Å². The highest BCUT2D eigenvalue weighted by atomic mass is 16.7. The summed E-state index contributed by atoms with van der Waals surface area (Å²) in [4.78, 5) is 14.4. The van der Waals surface area contributed by atoms with Gasteiger partial charge in [-0.25, -0.2) is 4.79 Å². The van der Waals surface area contributed by atoms with Gasteiger partial charge < -0.3 is 25.2 Å². The molecule has 212 valence electrons. The molecule has 0 aromatic heterocycles. The number of rotatable bonds is 8. The first-order valence-electron chi connectivity index (χ1n) is 14.5. The number of fused-ring (bicyclic) bond motifs is 2. The van der Waals surface area contributed by atoms with Crippen LogP contribution in [0.2, 0.25) is 0 Å². The monoisotopic (exact) mass is 535 g/mol. The van der Waals surface area contributed by atoms with Gasteiger partial charge in [-0.05, 0) is 53.7 Å². The first-order valence-corrected chi connectivity index (χ1v) is 14.5. The minimum Gasteiger partial charge on any atom is -0.392 e. The predicted molar refractivity (Wildman–Crippen MR) is 152 cm³/mol. The normalized spacial score (nSPS) is 30.2. The molecule has 1 aliphatic carbocycles. The largest absolute Gasteiger partial charge is 0.392 e. The number of ether oxygens (including phenoxy) is 2. The number of nitrogens with one attached hydrogen (secondary N) is 2. The molecule has 2 aromatic carbocycles. The maximum atomic E-state index is 11.8. The van der Waals surface area contributed by atoms with Crippen molar-refractivity contribution in [2.75, 3.05) is 19.6 Å². The average Bonchev–Trinajstić information content (AvgIpc) is 3.15. The van der Waals surface area contributed by atoms with Gasteiger partial charge >= 0.3 is 6.03 Å². The van der Waals surface area contributed by atoms with E-state index in [1.54, 1.807) is 0 Å². The minimum absolute atomic E-state index is 0.0347. The smallest absolute Gasteiger partial charge is 0.315 e. The lowest BCUT2D eigenvalue weighted by Gasteiger charge is -2.41. The van der Waals surface area contributed by atoms with Gasteiger partial charge in [0.1, 0.15) is 0 Å². The molecule has 2 unspecified atom stereocenters. The zero-order valence-electron chi connectivity index (χ0n) is 23.9. The Morgan fingerprint density at radius 2 is 1.67 bits per heavy atom. The minimum atomic E-state index is -0.467. The number of carbonyl (C=O) groups is 1. The maximum absolute atomic E-state index is 11.8. The van der Waals surface area contributed by atoms with Crippen molar-refractivity contribution in [2.24, 2.45) is 10.8 Å². The molecule has 7 heteroatoms. The van der Waals surface area contributed by atoms with Gasteiger partial charge in [0.15, 0.2) is 6.29 Å². The third-order valence-corrected chi connectivity index (χ3v) is 8.62. The van der Waals surface area contributed by atoms with Crippen LogP contribution in [0.25, 0.3) is 0 Å². The van der Waals surface area contributed by atoms with Gasteiger partial charge in [0, 0.05) is 44.2 Å². The molecule has 3 fully saturated rings. The lowest BCUT2D eigenvalue weighted by atomic mass is 9.65. The van der Waals surface area contributed by atoms with Crippen molar-refractivity contribution in [3.63, 3.8) is 0 Å². The summed E-state index contributed by atoms with van der Waals surface area (Å²) in [5.41, 5.74) is 4.78. The van der Waals surface area contributed by atoms with Crippen molar-refractivity contribution in [3.8, 4) is 0 Å². The number of likely N-dealkylation sites (tertiary alicyclic amines) is 1. The van der Waals surface area contributed by atoms with Crippen LogP contribution in [0.3, 0.4) is 0 Å². The van der Waals surface area contributed by atoms with Crippen molar-refractivity contribution in [1.29, 1.82) is 0 Å². The van der Waals surface area contributed by atoms with Crippen LogP contribution in [0, 0.1) is 10.8 Å². The van der Waals surface area contributed by atoms with E-state index in [2.05, 4.69) is 48.4 Å². The van der Waals surface area contributed by atoms with Crippen molar-refractivity contribution < 1.29 is 19.4 Å². The molecule has 5 atom stereocenters. The fourth-order valence-electron chi connectivity index (χ4n) is 7.28. The second kappa shape index (κ2) is 11.6. The first-order chi connectivity index (χ1) is 18.6. The Morgan fingerprint density at radius 3 is 2.36 bits per heavy atom. The molecule has 3 aliphatic rings. The van der Waals surface area contributed by atoms with Crippen LogP contribution in [0.5, 0.6) is 0 Å². The zero-order chi connectivity index (χ0) is 27.6. The van der Waals surface area contributed by atoms with Crippen LogP contribution in [0.4, 0.5) is 4.79 Å². The van der Waals surface area contributed by atoms with Crippen molar-refractivity contribution >= 4 is 6.03 Å². The molecule has 2 bridgehead atoms. The Bertz CT molecular complexity index is 1120. The Balaban J connectivity index is 1.31. The number of amides is 2. The highest BCUT2D eigenvalue weighted by molar-refractivity contribution is 5.73. The summed E-state index contributed by atoms with van der Waals surface area (Å²) in [5, 5.41) is 15.1. The highest BCUT2D eigenvalue weighted by Crippen LogP contribution is 2.53. The zero-order valence-corrected chi connectivity index (χ0v) is 23.9. The fourth-order valence-corrected chi connectivity index (χ4v) is 7.28. The van der Waals surface area contributed by atoms with Gasteiger partial charge in [0.2, 0.25) is 0 Å². The molecule has 2 amide bonds. The van der Waals surface area contributed by atoms with Crippen LogP contribution in [-0.2, 0) is 22.6 Å². The maximum Gasteiger partial charge on any atom is 0.315 e. The molecule has 39 heavy (non-hydrogen) atoms. The van der Waals surface area contributed by atoms with E-state index in [4.69, 9.17) is 9.47 Å². The summed E-state index contributed by atoms with van der Waals surface area (Å²) in [7, 11) is 0. The van der Waals surface area contributed by atoms with Crippen LogP contribution < -0.4 is 10.6 Å². The van der Waals surface area contributed by atoms with E-state index in [0.717, 1.165) is 41.8 Å². The number of aliphatic hydroxyl groups excluding tert-OH is 1. The molecule has 2 heterocycles. The molecule has 0 spiro atoms. The summed E-state index contributed by atoms with van der Waals surface area (Å²) >= 11 is 0. The lowest BCUT2D eigenvalue weighted by Crippen LogP contribution is -2.42. The average molecular weight is 536 g/mol. The third-order valence-electron chi connectivity index (χ3n) is 8.62. The number of benzene rings is 2. The Labute approximate surface area is 233 Å². The summed E-state index contributed by atoms with van der Waals surface area (Å²) in [6, 6.07) is 16.7. The summed E-state index contributed by atoms with van der Waals surface area (Å²) in [6.07, 6.45) is 4.10. The van der Waals surface area contributed by atoms with Gasteiger partial charge in [-0.1, -0.05) is 69.3 Å². The van der Waals surface area contributed by atoms with Crippen molar-refractivity contribution in [3.05, 3.63) is 70.8 Å². The Hall–Kier alpha value is -2.45. The van der Waals surface area contributed by atoms with Gasteiger partial charge in [0.25, 0.3) is 0 Å². The van der Waals surface area contributed by atoms with Crippen LogP contribution in [0.1, 0.15) is 88.0 Å². The summed E-state index contributed by atoms with van der Waals surface area (Å²) in [5.74, 6) is 0. The molecule has 7 nitrogen and oxygen atoms in total. The molecule has 2 saturated heterocycles. The predicted octanol–water partition coefficient (Wildman–Crippen LogP) is 5.44. The van der Waals surface area contributed by atoms with Gasteiger partial charge in [0.05, 0.1) is 18.8 Å². The van der Waals surface area contributed by atoms with Crippen molar-refractivity contribution in [2.45, 2.75) is 91.1 Å². The molecule has 3 N–H and O–H groups in total. The first kappa shape index (κ1) is 28.1. The van der Waals surface area contributed by atoms with E-state index in [1.165, 1.54) is 19.3 Å². The molecule has 2 aromatic rings. The standard InChI is InChI=1S/C32H45N3O4/c1-5-33-30(37)34-17-22-6-12-25(13-7-22)29-38-27(14-28(39-29)24-10-8-23(19-36)9-11-24)18-35-21-32(4)16-26(35)15-31(2,3)20-32/h6-13,26-29,36H,5,14-21H2,1-4H3,(H2,33,34,37)/t26?,27-,28+,29+,32?/m0/s1. The number of hydrogen-bond donors (Lipinski definition) is 3. The van der Waals surface area contributed by atoms with Crippen LogP contribution in [-0.4, -0.2) is 47.8 Å². The summed E-state index contributed by atoms with van der Waals surface area (Å²) < 4.78 is 13.2. The molecule has 1 saturated carbocycles. The van der Waals surface area contributed by atoms with Gasteiger partial charge in [-0.3, -0.25) is 4.90 Å². The number of hydrogen-bond acceptors (Lipinski definition) is 5. The molecule has 2 aliphatic heterocycles. The van der Waals surface area contributed by atoms with Gasteiger partial charge in [-0.2, -0.15) is 0 Å². The van der Waals surface area contributed by atoms with E-state index < -0.39 is 6.29 Å². The fraction of sp³-hybridized carbons (Fsp3) is 0.594. The molecule has 0 radical (unpaired) electrons. The number of carbonyl (C=O) groups excluding carboxylic acids is 1. The van der Waals surface area contributed by atoms with E-state index in [0.29, 0.717) is 30.0 Å². The molecule has 5 rings (SSSR count). The highest BCUT2D eigenvalue weighted by Gasteiger charge is 2.50. The Kier molecular flexibility index (Phi) is 8.34. The Morgan fingerprint density at radius 1 is 0.974 bits per heavy atom. The van der Waals surface area contributed by atoms with E-state index in [1.807, 2.05) is 43.3 Å². The number of urea groups is 1. The second-order valence-corrected chi connectivity index (χ2v) is 12.9. The quantitative estimate of drug-likeness (QED) is 0.419. The lowest BCUT2D eigenvalue weighted by molar-refractivity contribution is -0.253.